The Morgan fingerprint density at radius 3 is 2.29 bits per heavy atom. The third-order valence-corrected chi connectivity index (χ3v) is 7.46. The van der Waals surface area contributed by atoms with Crippen LogP contribution in [-0.4, -0.2) is 71.9 Å². The molecule has 0 saturated carbocycles. The van der Waals surface area contributed by atoms with E-state index in [1.807, 2.05) is 55.5 Å². The van der Waals surface area contributed by atoms with Crippen LogP contribution in [0.3, 0.4) is 0 Å². The van der Waals surface area contributed by atoms with Gasteiger partial charge in [-0.15, -0.1) is 0 Å². The Morgan fingerprint density at radius 1 is 1.00 bits per heavy atom. The van der Waals surface area contributed by atoms with Crippen LogP contribution in [-0.2, 0) is 15.1 Å². The molecule has 2 aliphatic heterocycles. The van der Waals surface area contributed by atoms with Crippen LogP contribution in [0.5, 0.6) is 0 Å². The van der Waals surface area contributed by atoms with Crippen molar-refractivity contribution in [3.8, 4) is 0 Å². The highest BCUT2D eigenvalue weighted by Gasteiger charge is 2.50. The van der Waals surface area contributed by atoms with Gasteiger partial charge in [0.2, 0.25) is 0 Å². The summed E-state index contributed by atoms with van der Waals surface area (Å²) in [7, 11) is 1.35. The summed E-state index contributed by atoms with van der Waals surface area (Å²) in [5, 5.41) is 0. The Balaban J connectivity index is 1.55. The largest absolute Gasteiger partial charge is 0.453 e. The van der Waals surface area contributed by atoms with Gasteiger partial charge in [0.25, 0.3) is 11.8 Å². The average molecular weight is 520 g/mol. The number of carbonyl (C=O) groups excluding carboxylic acids is 3. The number of aliphatic imine (C=N–C) groups is 1. The van der Waals surface area contributed by atoms with Gasteiger partial charge in [-0.1, -0.05) is 56.3 Å². The van der Waals surface area contributed by atoms with E-state index in [9.17, 15) is 14.4 Å². The zero-order chi connectivity index (χ0) is 27.4. The summed E-state index contributed by atoms with van der Waals surface area (Å²) in [5.74, 6) is 0.327. The molecule has 1 unspecified atom stereocenters. The van der Waals surface area contributed by atoms with Crippen molar-refractivity contribution in [1.82, 2.24) is 14.7 Å². The molecule has 1 fully saturated rings. The van der Waals surface area contributed by atoms with Crippen molar-refractivity contribution in [2.24, 2.45) is 16.6 Å². The topological polar surface area (TPSA) is 109 Å². The SMILES string of the molecule is COC(=O)N1CCN(C(=O)c2cccc([C@@H](C)N3C(=O)C(CCC(C)C)(c4ccccc4)N=C3N)c2)CC1. The Labute approximate surface area is 224 Å². The van der Waals surface area contributed by atoms with E-state index < -0.39 is 11.6 Å². The van der Waals surface area contributed by atoms with Crippen LogP contribution in [0.25, 0.3) is 0 Å². The second-order valence-electron chi connectivity index (χ2n) is 10.4. The lowest BCUT2D eigenvalue weighted by molar-refractivity contribution is -0.133. The number of guanidine groups is 1. The molecule has 3 amide bonds. The van der Waals surface area contributed by atoms with Gasteiger partial charge in [-0.2, -0.15) is 0 Å². The number of piperazine rings is 1. The minimum atomic E-state index is -1.06. The summed E-state index contributed by atoms with van der Waals surface area (Å²) in [5.41, 5.74) is 7.52. The van der Waals surface area contributed by atoms with Gasteiger partial charge < -0.3 is 20.3 Å². The summed E-state index contributed by atoms with van der Waals surface area (Å²) in [6, 6.07) is 16.5. The molecule has 2 atom stereocenters. The molecule has 2 aromatic rings. The Morgan fingerprint density at radius 2 is 1.66 bits per heavy atom. The molecule has 0 bridgehead atoms. The quantitative estimate of drug-likeness (QED) is 0.599. The van der Waals surface area contributed by atoms with Crippen molar-refractivity contribution in [1.29, 1.82) is 0 Å². The molecule has 0 aliphatic carbocycles. The lowest BCUT2D eigenvalue weighted by Gasteiger charge is -2.34. The van der Waals surface area contributed by atoms with Gasteiger partial charge in [-0.3, -0.25) is 14.5 Å². The van der Waals surface area contributed by atoms with Gasteiger partial charge in [-0.05, 0) is 48.9 Å². The molecule has 9 heteroatoms. The highest BCUT2D eigenvalue weighted by atomic mass is 16.5. The van der Waals surface area contributed by atoms with Crippen molar-refractivity contribution in [2.75, 3.05) is 33.3 Å². The summed E-state index contributed by atoms with van der Waals surface area (Å²) >= 11 is 0. The van der Waals surface area contributed by atoms with Gasteiger partial charge >= 0.3 is 6.09 Å². The van der Waals surface area contributed by atoms with Crippen LogP contribution in [0.1, 0.15) is 61.1 Å². The summed E-state index contributed by atoms with van der Waals surface area (Å²) < 4.78 is 4.78. The lowest BCUT2D eigenvalue weighted by atomic mass is 9.83. The molecule has 38 heavy (non-hydrogen) atoms. The number of hydrogen-bond donors (Lipinski definition) is 1. The minimum Gasteiger partial charge on any atom is -0.453 e. The molecule has 2 aliphatic rings. The number of nitrogens with two attached hydrogens (primary N) is 1. The highest BCUT2D eigenvalue weighted by Crippen LogP contribution is 2.41. The molecule has 0 radical (unpaired) electrons. The summed E-state index contributed by atoms with van der Waals surface area (Å²) in [6.45, 7) is 7.85. The van der Waals surface area contributed by atoms with Gasteiger partial charge in [0.15, 0.2) is 11.5 Å². The zero-order valence-electron chi connectivity index (χ0n) is 22.6. The number of amides is 3. The predicted octanol–water partition coefficient (Wildman–Crippen LogP) is 3.76. The maximum absolute atomic E-state index is 14.1. The third-order valence-electron chi connectivity index (χ3n) is 7.46. The first-order chi connectivity index (χ1) is 18.2. The van der Waals surface area contributed by atoms with Crippen molar-refractivity contribution >= 4 is 23.9 Å². The van der Waals surface area contributed by atoms with Crippen molar-refractivity contribution < 1.29 is 19.1 Å². The van der Waals surface area contributed by atoms with Crippen LogP contribution < -0.4 is 5.73 Å². The smallest absolute Gasteiger partial charge is 0.409 e. The number of nitrogens with zero attached hydrogens (tertiary/aromatic N) is 4. The Bertz CT molecular complexity index is 1210. The molecule has 2 heterocycles. The van der Waals surface area contributed by atoms with Crippen molar-refractivity contribution in [3.63, 3.8) is 0 Å². The molecule has 0 aromatic heterocycles. The van der Waals surface area contributed by atoms with E-state index in [0.717, 1.165) is 17.5 Å². The zero-order valence-corrected chi connectivity index (χ0v) is 22.6. The first-order valence-corrected chi connectivity index (χ1v) is 13.1. The van der Waals surface area contributed by atoms with Crippen molar-refractivity contribution in [3.05, 3.63) is 71.3 Å². The van der Waals surface area contributed by atoms with Crippen LogP contribution in [0.4, 0.5) is 4.79 Å². The standard InChI is InChI=1S/C29H37N5O4/c1-20(2)13-14-29(24-11-6-5-7-12-24)26(36)34(27(30)31-29)21(3)22-9-8-10-23(19-22)25(35)32-15-17-33(18-16-32)28(37)38-4/h5-12,19-21H,13-18H2,1-4H3,(H2,30,31)/t21-,29?/m1/s1. The number of hydrogen-bond acceptors (Lipinski definition) is 6. The first-order valence-electron chi connectivity index (χ1n) is 13.1. The molecule has 4 rings (SSSR count). The normalized spacial score (nSPS) is 20.5. The molecule has 0 spiro atoms. The maximum atomic E-state index is 14.1. The van der Waals surface area contributed by atoms with E-state index in [0.29, 0.717) is 44.1 Å². The molecular formula is C29H37N5O4. The maximum Gasteiger partial charge on any atom is 0.409 e. The first kappa shape index (κ1) is 27.2. The van der Waals surface area contributed by atoms with E-state index in [2.05, 4.69) is 13.8 Å². The van der Waals surface area contributed by atoms with Gasteiger partial charge in [0.1, 0.15) is 0 Å². The van der Waals surface area contributed by atoms with E-state index in [-0.39, 0.29) is 23.9 Å². The Kier molecular flexibility index (Phi) is 8.04. The van der Waals surface area contributed by atoms with Crippen molar-refractivity contribution in [2.45, 2.75) is 45.2 Å². The second kappa shape index (κ2) is 11.2. The number of rotatable bonds is 7. The van der Waals surface area contributed by atoms with Gasteiger partial charge in [0, 0.05) is 31.7 Å². The fourth-order valence-corrected chi connectivity index (χ4v) is 5.17. The molecular weight excluding hydrogens is 482 g/mol. The molecule has 9 nitrogen and oxygen atoms in total. The van der Waals surface area contributed by atoms with Crippen LogP contribution in [0.15, 0.2) is 59.6 Å². The fraction of sp³-hybridized carbons (Fsp3) is 0.448. The number of carbonyl (C=O) groups is 3. The number of ether oxygens (including phenoxy) is 1. The van der Waals surface area contributed by atoms with Crippen LogP contribution in [0, 0.1) is 5.92 Å². The van der Waals surface area contributed by atoms with Crippen LogP contribution >= 0.6 is 0 Å². The molecule has 2 N–H and O–H groups in total. The van der Waals surface area contributed by atoms with Gasteiger partial charge in [-0.25, -0.2) is 9.79 Å². The third kappa shape index (κ3) is 5.23. The number of benzene rings is 2. The summed E-state index contributed by atoms with van der Waals surface area (Å²) in [4.78, 5) is 48.8. The predicted molar refractivity (Wildman–Crippen MR) is 145 cm³/mol. The monoisotopic (exact) mass is 519 g/mol. The highest BCUT2D eigenvalue weighted by molar-refractivity contribution is 6.07. The average Bonchev–Trinajstić information content (AvgIpc) is 3.21. The number of methoxy groups -OCH3 is 1. The fourth-order valence-electron chi connectivity index (χ4n) is 5.17. The second-order valence-corrected chi connectivity index (χ2v) is 10.4. The Hall–Kier alpha value is -3.88. The van der Waals surface area contributed by atoms with E-state index in [1.165, 1.54) is 7.11 Å². The summed E-state index contributed by atoms with van der Waals surface area (Å²) in [6.07, 6.45) is 1.00. The van der Waals surface area contributed by atoms with Gasteiger partial charge in [0.05, 0.1) is 13.2 Å². The van der Waals surface area contributed by atoms with E-state index in [1.54, 1.807) is 20.8 Å². The van der Waals surface area contributed by atoms with E-state index >= 15 is 0 Å². The lowest BCUT2D eigenvalue weighted by Crippen LogP contribution is -2.50. The van der Waals surface area contributed by atoms with Crippen LogP contribution in [0.2, 0.25) is 0 Å². The molecule has 2 aromatic carbocycles. The minimum absolute atomic E-state index is 0.117. The molecule has 202 valence electrons. The molecule has 1 saturated heterocycles. The van der Waals surface area contributed by atoms with E-state index in [4.69, 9.17) is 15.5 Å².